The van der Waals surface area contributed by atoms with E-state index in [2.05, 4.69) is 5.32 Å². The number of nitrogens with one attached hydrogen (secondary N) is 1. The van der Waals surface area contributed by atoms with Gasteiger partial charge >= 0.3 is 6.09 Å². The number of carbonyl (C=O) groups excluding carboxylic acids is 2. The number of rotatable bonds is 1. The number of hydrogen-bond donors (Lipinski definition) is 1. The van der Waals surface area contributed by atoms with Crippen LogP contribution in [0.5, 0.6) is 5.75 Å². The van der Waals surface area contributed by atoms with E-state index in [-0.39, 0.29) is 17.1 Å². The second-order valence-electron chi connectivity index (χ2n) is 8.02. The molecular weight excluding hydrogens is 370 g/mol. The fourth-order valence-electron chi connectivity index (χ4n) is 4.79. The predicted molar refractivity (Wildman–Crippen MR) is 95.8 cm³/mol. The third-order valence-corrected chi connectivity index (χ3v) is 6.51. The van der Waals surface area contributed by atoms with Crippen LogP contribution >= 0.6 is 0 Å². The molecule has 0 aromatic heterocycles. The van der Waals surface area contributed by atoms with E-state index in [0.29, 0.717) is 32.0 Å². The second kappa shape index (κ2) is 7.31. The summed E-state index contributed by atoms with van der Waals surface area (Å²) in [4.78, 5) is 27.1. The van der Waals surface area contributed by atoms with Gasteiger partial charge in [-0.05, 0) is 43.9 Å². The Morgan fingerprint density at radius 1 is 1.04 bits per heavy atom. The minimum absolute atomic E-state index is 0.169. The highest BCUT2D eigenvalue weighted by Crippen LogP contribution is 2.49. The summed E-state index contributed by atoms with van der Waals surface area (Å²) in [5.74, 6) is -2.04. The lowest BCUT2D eigenvalue weighted by Gasteiger charge is -2.52. The normalized spacial score (nSPS) is 23.5. The van der Waals surface area contributed by atoms with E-state index in [0.717, 1.165) is 51.0 Å². The van der Waals surface area contributed by atoms with Crippen molar-refractivity contribution in [3.63, 3.8) is 0 Å². The first-order valence-electron chi connectivity index (χ1n) is 9.74. The minimum atomic E-state index is -0.968. The Kier molecular flexibility index (Phi) is 4.99. The van der Waals surface area contributed by atoms with E-state index in [9.17, 15) is 18.4 Å². The van der Waals surface area contributed by atoms with E-state index in [4.69, 9.17) is 9.47 Å². The van der Waals surface area contributed by atoms with Crippen molar-refractivity contribution < 1.29 is 27.8 Å². The summed E-state index contributed by atoms with van der Waals surface area (Å²) in [6.45, 7) is 2.09. The molecule has 2 saturated heterocycles. The Hall–Kier alpha value is -2.22. The number of halogens is 2. The lowest BCUT2D eigenvalue weighted by molar-refractivity contribution is -0.141. The van der Waals surface area contributed by atoms with Gasteiger partial charge in [-0.1, -0.05) is 0 Å². The first-order valence-corrected chi connectivity index (χ1v) is 9.74. The van der Waals surface area contributed by atoms with Gasteiger partial charge in [0.1, 0.15) is 22.9 Å². The molecule has 2 aliphatic heterocycles. The summed E-state index contributed by atoms with van der Waals surface area (Å²) in [6, 6.07) is 2.62. The van der Waals surface area contributed by atoms with Crippen molar-refractivity contribution in [3.8, 4) is 5.75 Å². The average molecular weight is 394 g/mol. The van der Waals surface area contributed by atoms with Crippen molar-refractivity contribution in [2.75, 3.05) is 26.3 Å². The van der Waals surface area contributed by atoms with Gasteiger partial charge in [-0.15, -0.1) is 0 Å². The van der Waals surface area contributed by atoms with Crippen LogP contribution in [0, 0.1) is 17.0 Å². The topological polar surface area (TPSA) is 67.9 Å². The summed E-state index contributed by atoms with van der Waals surface area (Å²) in [6.07, 6.45) is 3.96. The van der Waals surface area contributed by atoms with Gasteiger partial charge in [0.15, 0.2) is 0 Å². The molecule has 1 aliphatic carbocycles. The fraction of sp³-hybridized carbons (Fsp3) is 0.600. The van der Waals surface area contributed by atoms with Crippen LogP contribution in [0.3, 0.4) is 0 Å². The zero-order valence-corrected chi connectivity index (χ0v) is 15.6. The number of ether oxygens (including phenoxy) is 2. The highest BCUT2D eigenvalue weighted by Gasteiger charge is 2.54. The number of hydrogen-bond acceptors (Lipinski definition) is 4. The van der Waals surface area contributed by atoms with Crippen molar-refractivity contribution in [2.45, 2.75) is 44.1 Å². The fourth-order valence-corrected chi connectivity index (χ4v) is 4.79. The molecule has 1 aromatic carbocycles. The molecule has 152 valence electrons. The highest BCUT2D eigenvalue weighted by molar-refractivity contribution is 5.91. The van der Waals surface area contributed by atoms with Crippen LogP contribution in [-0.2, 0) is 9.53 Å². The van der Waals surface area contributed by atoms with Crippen LogP contribution in [0.1, 0.15) is 38.5 Å². The number of benzene rings is 1. The van der Waals surface area contributed by atoms with E-state index in [1.807, 2.05) is 0 Å². The number of piperazine rings is 1. The quantitative estimate of drug-likeness (QED) is 0.795. The number of amides is 2. The summed E-state index contributed by atoms with van der Waals surface area (Å²) in [5.41, 5.74) is -0.798. The van der Waals surface area contributed by atoms with Gasteiger partial charge in [-0.2, -0.15) is 0 Å². The first kappa shape index (κ1) is 19.1. The molecule has 4 rings (SSSR count). The molecule has 6 nitrogen and oxygen atoms in total. The Morgan fingerprint density at radius 3 is 2.32 bits per heavy atom. The molecule has 1 N–H and O–H groups in total. The van der Waals surface area contributed by atoms with Gasteiger partial charge in [-0.25, -0.2) is 13.6 Å². The molecule has 3 aliphatic rings. The molecule has 2 spiro atoms. The molecular formula is C20H24F2N2O4. The number of nitrogens with zero attached hydrogens (tertiary/aromatic N) is 1. The molecule has 0 bridgehead atoms. The van der Waals surface area contributed by atoms with E-state index >= 15 is 0 Å². The molecule has 1 saturated carbocycles. The van der Waals surface area contributed by atoms with Crippen LogP contribution in [0.2, 0.25) is 0 Å². The Morgan fingerprint density at radius 2 is 1.68 bits per heavy atom. The molecule has 28 heavy (non-hydrogen) atoms. The third kappa shape index (κ3) is 3.45. The zero-order valence-electron chi connectivity index (χ0n) is 15.6. The first-order chi connectivity index (χ1) is 13.4. The van der Waals surface area contributed by atoms with Gasteiger partial charge in [0, 0.05) is 44.5 Å². The van der Waals surface area contributed by atoms with Crippen molar-refractivity contribution >= 4 is 12.0 Å². The van der Waals surface area contributed by atoms with Crippen molar-refractivity contribution in [2.24, 2.45) is 5.41 Å². The molecule has 0 unspecified atom stereocenters. The smallest absolute Gasteiger partial charge is 0.410 e. The standard InChI is InChI=1S/C20H24F2N2O4/c21-14-11-15(22)13-16(12-14)28-18(26)24-8-7-23-17(25)20(24)3-1-19(2-4-20)5-9-27-10-6-19/h11-13H,1-10H2,(H,23,25). The van der Waals surface area contributed by atoms with E-state index in [1.165, 1.54) is 4.90 Å². The molecule has 0 radical (unpaired) electrons. The van der Waals surface area contributed by atoms with Crippen LogP contribution < -0.4 is 10.1 Å². The third-order valence-electron chi connectivity index (χ3n) is 6.51. The van der Waals surface area contributed by atoms with Crippen LogP contribution in [0.25, 0.3) is 0 Å². The van der Waals surface area contributed by atoms with Crippen molar-refractivity contribution in [1.29, 1.82) is 0 Å². The molecule has 2 amide bonds. The predicted octanol–water partition coefficient (Wildman–Crippen LogP) is 3.01. The highest BCUT2D eigenvalue weighted by atomic mass is 19.1. The molecule has 2 heterocycles. The van der Waals surface area contributed by atoms with Crippen molar-refractivity contribution in [1.82, 2.24) is 10.2 Å². The summed E-state index contributed by atoms with van der Waals surface area (Å²) in [7, 11) is 0. The minimum Gasteiger partial charge on any atom is -0.410 e. The second-order valence-corrected chi connectivity index (χ2v) is 8.02. The Bertz CT molecular complexity index is 749. The Balaban J connectivity index is 1.53. The van der Waals surface area contributed by atoms with Crippen LogP contribution in [-0.4, -0.2) is 48.7 Å². The van der Waals surface area contributed by atoms with Gasteiger partial charge in [0.25, 0.3) is 0 Å². The van der Waals surface area contributed by atoms with Gasteiger partial charge < -0.3 is 14.8 Å². The van der Waals surface area contributed by atoms with Gasteiger partial charge in [0.05, 0.1) is 0 Å². The molecule has 3 fully saturated rings. The Labute approximate surface area is 162 Å². The maximum Gasteiger partial charge on any atom is 0.416 e. The van der Waals surface area contributed by atoms with Crippen LogP contribution in [0.4, 0.5) is 13.6 Å². The molecule has 1 aromatic rings. The SMILES string of the molecule is O=C(Oc1cc(F)cc(F)c1)N1CCNC(=O)C12CCC1(CCOCC1)CC2. The van der Waals surface area contributed by atoms with Crippen LogP contribution in [0.15, 0.2) is 18.2 Å². The maximum absolute atomic E-state index is 13.4. The summed E-state index contributed by atoms with van der Waals surface area (Å²) >= 11 is 0. The maximum atomic E-state index is 13.4. The van der Waals surface area contributed by atoms with E-state index in [1.54, 1.807) is 0 Å². The van der Waals surface area contributed by atoms with E-state index < -0.39 is 23.3 Å². The lowest BCUT2D eigenvalue weighted by atomic mass is 9.63. The largest absolute Gasteiger partial charge is 0.416 e. The van der Waals surface area contributed by atoms with Gasteiger partial charge in [0.2, 0.25) is 5.91 Å². The monoisotopic (exact) mass is 394 g/mol. The molecule has 0 atom stereocenters. The summed E-state index contributed by atoms with van der Waals surface area (Å²) in [5, 5.41) is 2.87. The number of carbonyl (C=O) groups is 2. The zero-order chi connectivity index (χ0) is 19.8. The van der Waals surface area contributed by atoms with Gasteiger partial charge in [-0.3, -0.25) is 9.69 Å². The summed E-state index contributed by atoms with van der Waals surface area (Å²) < 4.78 is 37.5. The average Bonchev–Trinajstić information content (AvgIpc) is 2.66. The lowest BCUT2D eigenvalue weighted by Crippen LogP contribution is -2.68. The molecule has 8 heteroatoms. The van der Waals surface area contributed by atoms with Crippen molar-refractivity contribution in [3.05, 3.63) is 29.8 Å².